The lowest BCUT2D eigenvalue weighted by Crippen LogP contribution is -2.21. The van der Waals surface area contributed by atoms with Crippen LogP contribution in [0.2, 0.25) is 0 Å². The van der Waals surface area contributed by atoms with Crippen LogP contribution in [0.5, 0.6) is 0 Å². The Kier molecular flexibility index (Phi) is 3.72. The van der Waals surface area contributed by atoms with Crippen molar-refractivity contribution in [3.05, 3.63) is 32.2 Å². The summed E-state index contributed by atoms with van der Waals surface area (Å²) >= 11 is 3.59. The Bertz CT molecular complexity index is 481. The maximum atomic E-state index is 4.86. The summed E-state index contributed by atoms with van der Waals surface area (Å²) in [4.78, 5) is 11.8. The number of thiazole rings is 2. The molecule has 0 bridgehead atoms. The highest BCUT2D eigenvalue weighted by atomic mass is 32.1. The van der Waals surface area contributed by atoms with Crippen LogP contribution in [-0.4, -0.2) is 16.5 Å². The molecule has 3 nitrogen and oxygen atoms in total. The molecule has 0 amide bonds. The first-order valence-corrected chi connectivity index (χ1v) is 8.18. The van der Waals surface area contributed by atoms with Gasteiger partial charge >= 0.3 is 0 Å². The van der Waals surface area contributed by atoms with E-state index in [1.165, 1.54) is 39.7 Å². The summed E-state index contributed by atoms with van der Waals surface area (Å²) in [6.45, 7) is 3.09. The van der Waals surface area contributed by atoms with Gasteiger partial charge in [0.2, 0.25) is 0 Å². The van der Waals surface area contributed by atoms with E-state index in [9.17, 15) is 0 Å². The van der Waals surface area contributed by atoms with Crippen molar-refractivity contribution in [2.75, 3.05) is 6.54 Å². The van der Waals surface area contributed by atoms with E-state index in [0.717, 1.165) is 13.0 Å². The van der Waals surface area contributed by atoms with Crippen LogP contribution in [0.15, 0.2) is 11.7 Å². The van der Waals surface area contributed by atoms with Crippen molar-refractivity contribution in [1.29, 1.82) is 0 Å². The molecule has 3 rings (SSSR count). The van der Waals surface area contributed by atoms with Gasteiger partial charge in [-0.25, -0.2) is 4.98 Å². The second-order valence-electron chi connectivity index (χ2n) is 4.52. The third kappa shape index (κ3) is 2.35. The first-order chi connectivity index (χ1) is 8.88. The number of fused-ring (bicyclic) bond motifs is 1. The van der Waals surface area contributed by atoms with E-state index in [1.807, 2.05) is 23.0 Å². The standard InChI is InChI=1S/C13H17N3S2/c1-2-15-12(11-7-14-8-17-11)13-16-9-5-3-4-6-10(9)18-13/h7-8,12,15H,2-6H2,1H3. The molecule has 0 spiro atoms. The first-order valence-electron chi connectivity index (χ1n) is 6.48. The molecule has 1 atom stereocenters. The normalized spacial score (nSPS) is 16.5. The summed E-state index contributed by atoms with van der Waals surface area (Å²) in [5.41, 5.74) is 3.24. The molecule has 18 heavy (non-hydrogen) atoms. The molecule has 2 heterocycles. The summed E-state index contributed by atoms with van der Waals surface area (Å²) < 4.78 is 0. The molecule has 2 aromatic rings. The second-order valence-corrected chi connectivity index (χ2v) is 6.56. The van der Waals surface area contributed by atoms with Gasteiger partial charge in [0, 0.05) is 16.0 Å². The van der Waals surface area contributed by atoms with E-state index in [2.05, 4.69) is 17.2 Å². The zero-order valence-corrected chi connectivity index (χ0v) is 12.1. The molecule has 1 N–H and O–H groups in total. The minimum atomic E-state index is 0.234. The van der Waals surface area contributed by atoms with Gasteiger partial charge in [-0.05, 0) is 32.2 Å². The molecule has 1 unspecified atom stereocenters. The van der Waals surface area contributed by atoms with Crippen molar-refractivity contribution in [2.24, 2.45) is 0 Å². The number of nitrogens with one attached hydrogen (secondary N) is 1. The molecule has 5 heteroatoms. The predicted molar refractivity (Wildman–Crippen MR) is 76.4 cm³/mol. The molecular weight excluding hydrogens is 262 g/mol. The van der Waals surface area contributed by atoms with Crippen molar-refractivity contribution < 1.29 is 0 Å². The smallest absolute Gasteiger partial charge is 0.116 e. The van der Waals surface area contributed by atoms with Gasteiger partial charge in [0.1, 0.15) is 5.01 Å². The zero-order valence-electron chi connectivity index (χ0n) is 10.5. The minimum absolute atomic E-state index is 0.234. The number of hydrogen-bond acceptors (Lipinski definition) is 5. The van der Waals surface area contributed by atoms with E-state index in [-0.39, 0.29) is 6.04 Å². The molecule has 0 fully saturated rings. The Hall–Kier alpha value is -0.780. The van der Waals surface area contributed by atoms with Gasteiger partial charge in [0.05, 0.1) is 17.2 Å². The maximum Gasteiger partial charge on any atom is 0.116 e. The fraction of sp³-hybridized carbons (Fsp3) is 0.538. The highest BCUT2D eigenvalue weighted by molar-refractivity contribution is 7.12. The van der Waals surface area contributed by atoms with Crippen molar-refractivity contribution in [2.45, 2.75) is 38.6 Å². The van der Waals surface area contributed by atoms with Crippen LogP contribution in [0, 0.1) is 0 Å². The van der Waals surface area contributed by atoms with Gasteiger partial charge in [-0.1, -0.05) is 6.92 Å². The fourth-order valence-corrected chi connectivity index (χ4v) is 4.40. The molecule has 96 valence electrons. The molecule has 0 saturated heterocycles. The van der Waals surface area contributed by atoms with E-state index in [0.29, 0.717) is 0 Å². The molecule has 2 aromatic heterocycles. The van der Waals surface area contributed by atoms with Crippen LogP contribution in [0.25, 0.3) is 0 Å². The molecule has 1 aliphatic carbocycles. The molecule has 0 radical (unpaired) electrons. The van der Waals surface area contributed by atoms with E-state index in [1.54, 1.807) is 11.3 Å². The largest absolute Gasteiger partial charge is 0.304 e. The number of aryl methyl sites for hydroxylation is 2. The number of hydrogen-bond donors (Lipinski definition) is 1. The van der Waals surface area contributed by atoms with Gasteiger partial charge in [0.15, 0.2) is 0 Å². The van der Waals surface area contributed by atoms with E-state index in [4.69, 9.17) is 4.98 Å². The van der Waals surface area contributed by atoms with Crippen LogP contribution in [0.4, 0.5) is 0 Å². The third-order valence-electron chi connectivity index (χ3n) is 3.25. The average Bonchev–Trinajstić information content (AvgIpc) is 3.04. The Morgan fingerprint density at radius 2 is 2.28 bits per heavy atom. The number of rotatable bonds is 4. The number of nitrogens with zero attached hydrogens (tertiary/aromatic N) is 2. The van der Waals surface area contributed by atoms with Crippen molar-refractivity contribution in [1.82, 2.24) is 15.3 Å². The monoisotopic (exact) mass is 279 g/mol. The van der Waals surface area contributed by atoms with E-state index >= 15 is 0 Å². The average molecular weight is 279 g/mol. The molecule has 1 aliphatic rings. The van der Waals surface area contributed by atoms with Crippen LogP contribution in [0.1, 0.15) is 46.3 Å². The Morgan fingerprint density at radius 1 is 1.39 bits per heavy atom. The summed E-state index contributed by atoms with van der Waals surface area (Å²) in [5, 5.41) is 4.74. The topological polar surface area (TPSA) is 37.8 Å². The minimum Gasteiger partial charge on any atom is -0.304 e. The summed E-state index contributed by atoms with van der Waals surface area (Å²) in [6.07, 6.45) is 6.95. The van der Waals surface area contributed by atoms with Crippen molar-refractivity contribution in [3.8, 4) is 0 Å². The van der Waals surface area contributed by atoms with Crippen LogP contribution >= 0.6 is 22.7 Å². The SMILES string of the molecule is CCNC(c1cncs1)c1nc2c(s1)CCCC2. The van der Waals surface area contributed by atoms with Crippen LogP contribution in [0.3, 0.4) is 0 Å². The summed E-state index contributed by atoms with van der Waals surface area (Å²) in [6, 6.07) is 0.234. The van der Waals surface area contributed by atoms with Crippen molar-refractivity contribution in [3.63, 3.8) is 0 Å². The van der Waals surface area contributed by atoms with Gasteiger partial charge in [-0.15, -0.1) is 22.7 Å². The third-order valence-corrected chi connectivity index (χ3v) is 5.32. The lowest BCUT2D eigenvalue weighted by molar-refractivity contribution is 0.627. The highest BCUT2D eigenvalue weighted by Gasteiger charge is 2.22. The Balaban J connectivity index is 1.92. The van der Waals surface area contributed by atoms with Crippen LogP contribution in [-0.2, 0) is 12.8 Å². The predicted octanol–water partition coefficient (Wildman–Crippen LogP) is 3.18. The second kappa shape index (κ2) is 5.47. The summed E-state index contributed by atoms with van der Waals surface area (Å²) in [5.74, 6) is 0. The fourth-order valence-electron chi connectivity index (χ4n) is 2.38. The lowest BCUT2D eigenvalue weighted by Gasteiger charge is -2.12. The molecule has 0 aliphatic heterocycles. The maximum absolute atomic E-state index is 4.86. The van der Waals surface area contributed by atoms with E-state index < -0.39 is 0 Å². The quantitative estimate of drug-likeness (QED) is 0.934. The highest BCUT2D eigenvalue weighted by Crippen LogP contribution is 2.33. The van der Waals surface area contributed by atoms with Crippen LogP contribution < -0.4 is 5.32 Å². The van der Waals surface area contributed by atoms with Gasteiger partial charge in [0.25, 0.3) is 0 Å². The molecular formula is C13H17N3S2. The van der Waals surface area contributed by atoms with Gasteiger partial charge < -0.3 is 5.32 Å². The lowest BCUT2D eigenvalue weighted by atomic mass is 10.0. The molecule has 0 saturated carbocycles. The Labute approximate surface area is 115 Å². The van der Waals surface area contributed by atoms with Crippen molar-refractivity contribution >= 4 is 22.7 Å². The van der Waals surface area contributed by atoms with Gasteiger partial charge in [-0.3, -0.25) is 4.98 Å². The van der Waals surface area contributed by atoms with Gasteiger partial charge in [-0.2, -0.15) is 0 Å². The summed E-state index contributed by atoms with van der Waals surface area (Å²) in [7, 11) is 0. The zero-order chi connectivity index (χ0) is 12.4. The first kappa shape index (κ1) is 12.3. The number of aromatic nitrogens is 2. The molecule has 0 aromatic carbocycles. The Morgan fingerprint density at radius 3 is 3.00 bits per heavy atom.